The molecule has 2 aromatic heterocycles. The van der Waals surface area contributed by atoms with Gasteiger partial charge in [-0.2, -0.15) is 5.10 Å². The van der Waals surface area contributed by atoms with E-state index in [4.69, 9.17) is 23.7 Å². The summed E-state index contributed by atoms with van der Waals surface area (Å²) in [5.74, 6) is 1.66. The quantitative estimate of drug-likeness (QED) is 0.216. The van der Waals surface area contributed by atoms with Crippen molar-refractivity contribution >= 4 is 22.8 Å². The topological polar surface area (TPSA) is 92.8 Å². The lowest BCUT2D eigenvalue weighted by Gasteiger charge is -2.08. The van der Waals surface area contributed by atoms with Gasteiger partial charge in [0.15, 0.2) is 17.3 Å². The van der Waals surface area contributed by atoms with Gasteiger partial charge in [-0.05, 0) is 60.2 Å². The normalized spacial score (nSPS) is 13.6. The highest BCUT2D eigenvalue weighted by molar-refractivity contribution is 6.16. The van der Waals surface area contributed by atoms with Crippen molar-refractivity contribution < 1.29 is 23.4 Å². The molecule has 8 nitrogen and oxygen atoms in total. The van der Waals surface area contributed by atoms with E-state index in [0.717, 1.165) is 16.6 Å². The van der Waals surface area contributed by atoms with E-state index in [9.17, 15) is 9.59 Å². The molecule has 5 aromatic rings. The van der Waals surface area contributed by atoms with Gasteiger partial charge in [0.25, 0.3) is 0 Å². The minimum atomic E-state index is -0.510. The predicted octanol–water partition coefficient (Wildman–Crippen LogP) is 5.49. The highest BCUT2D eigenvalue weighted by atomic mass is 16.5. The zero-order valence-electron chi connectivity index (χ0n) is 21.6. The Bertz CT molecular complexity index is 1830. The van der Waals surface area contributed by atoms with E-state index in [2.05, 4.69) is 0 Å². The van der Waals surface area contributed by atoms with E-state index >= 15 is 0 Å². The van der Waals surface area contributed by atoms with Crippen molar-refractivity contribution in [3.8, 4) is 34.2 Å². The molecule has 0 spiro atoms. The van der Waals surface area contributed by atoms with Crippen LogP contribution in [0, 0.1) is 0 Å². The van der Waals surface area contributed by atoms with E-state index < -0.39 is 5.63 Å². The largest absolute Gasteiger partial charge is 0.497 e. The molecule has 8 heteroatoms. The van der Waals surface area contributed by atoms with E-state index in [1.54, 1.807) is 49.4 Å². The Kier molecular flexibility index (Phi) is 5.99. The monoisotopic (exact) mass is 520 g/mol. The summed E-state index contributed by atoms with van der Waals surface area (Å²) < 4.78 is 23.4. The van der Waals surface area contributed by atoms with E-state index in [-0.39, 0.29) is 5.78 Å². The molecule has 0 radical (unpaired) electrons. The number of ether oxygens (including phenoxy) is 3. The van der Waals surface area contributed by atoms with Crippen LogP contribution in [-0.2, 0) is 6.42 Å². The molecule has 1 aliphatic rings. The first-order valence-electron chi connectivity index (χ1n) is 12.3. The molecule has 0 unspecified atom stereocenters. The van der Waals surface area contributed by atoms with Gasteiger partial charge in [-0.15, -0.1) is 0 Å². The number of nitrogens with zero attached hydrogens (tertiary/aromatic N) is 2. The molecule has 0 aliphatic heterocycles. The maximum atomic E-state index is 13.4. The first-order valence-corrected chi connectivity index (χ1v) is 12.3. The van der Waals surface area contributed by atoms with Gasteiger partial charge in [0.05, 0.1) is 32.6 Å². The standard InChI is InChI=1S/C31H24N2O6/c1-36-23-10-8-22(9-11-23)33-17-21(29(32-33)25-14-18-6-4-5-7-26(18)39-31(25)35)13-20-12-19-15-27(37-2)28(38-3)16-24(19)30(20)34/h4-11,13-17H,12H2,1-3H3/b20-13-. The van der Waals surface area contributed by atoms with Crippen LogP contribution in [0.1, 0.15) is 21.5 Å². The average molecular weight is 521 g/mol. The van der Waals surface area contributed by atoms with Crippen molar-refractivity contribution in [2.75, 3.05) is 21.3 Å². The number of fused-ring (bicyclic) bond motifs is 2. The lowest BCUT2D eigenvalue weighted by molar-refractivity contribution is 0.104. The Morgan fingerprint density at radius 3 is 2.36 bits per heavy atom. The number of benzene rings is 3. The summed E-state index contributed by atoms with van der Waals surface area (Å²) in [5, 5.41) is 5.54. The Labute approximate surface area is 223 Å². The second-order valence-electron chi connectivity index (χ2n) is 9.10. The van der Waals surface area contributed by atoms with Crippen LogP contribution in [0.5, 0.6) is 17.2 Å². The fourth-order valence-electron chi connectivity index (χ4n) is 4.84. The third-order valence-corrected chi connectivity index (χ3v) is 6.83. The molecule has 1 aliphatic carbocycles. The van der Waals surface area contributed by atoms with Crippen molar-refractivity contribution in [3.05, 3.63) is 106 Å². The van der Waals surface area contributed by atoms with Gasteiger partial charge in [-0.1, -0.05) is 18.2 Å². The van der Waals surface area contributed by atoms with Crippen molar-refractivity contribution in [1.29, 1.82) is 0 Å². The molecule has 0 saturated carbocycles. The number of hydrogen-bond acceptors (Lipinski definition) is 7. The fourth-order valence-corrected chi connectivity index (χ4v) is 4.84. The van der Waals surface area contributed by atoms with Crippen molar-refractivity contribution in [1.82, 2.24) is 9.78 Å². The van der Waals surface area contributed by atoms with Crippen molar-refractivity contribution in [2.45, 2.75) is 6.42 Å². The van der Waals surface area contributed by atoms with Crippen LogP contribution in [0.4, 0.5) is 0 Å². The van der Waals surface area contributed by atoms with Gasteiger partial charge >= 0.3 is 5.63 Å². The molecule has 6 rings (SSSR count). The summed E-state index contributed by atoms with van der Waals surface area (Å²) in [4.78, 5) is 26.5. The van der Waals surface area contributed by atoms with Gasteiger partial charge in [0.1, 0.15) is 17.0 Å². The molecule has 0 bridgehead atoms. The summed E-state index contributed by atoms with van der Waals surface area (Å²) in [6, 6.07) is 20.0. The maximum absolute atomic E-state index is 13.4. The number of Topliss-reactive ketones (excluding diaryl/α,β-unsaturated/α-hetero) is 1. The number of aromatic nitrogens is 2. The molecule has 0 amide bonds. The Morgan fingerprint density at radius 1 is 0.872 bits per heavy atom. The lowest BCUT2D eigenvalue weighted by Crippen LogP contribution is -2.04. The first-order chi connectivity index (χ1) is 19.0. The highest BCUT2D eigenvalue weighted by Gasteiger charge is 2.28. The van der Waals surface area contributed by atoms with Crippen molar-refractivity contribution in [3.63, 3.8) is 0 Å². The smallest absolute Gasteiger partial charge is 0.345 e. The number of allylic oxidation sites excluding steroid dienone is 1. The van der Waals surface area contributed by atoms with Gasteiger partial charge in [-0.3, -0.25) is 4.79 Å². The number of carbonyl (C=O) groups excluding carboxylic acids is 1. The van der Waals surface area contributed by atoms with Crippen molar-refractivity contribution in [2.24, 2.45) is 0 Å². The second-order valence-corrected chi connectivity index (χ2v) is 9.10. The van der Waals surface area contributed by atoms with Gasteiger partial charge in [0.2, 0.25) is 0 Å². The third-order valence-electron chi connectivity index (χ3n) is 6.83. The maximum Gasteiger partial charge on any atom is 0.345 e. The van der Waals surface area contributed by atoms with Crippen LogP contribution in [0.25, 0.3) is 34.0 Å². The van der Waals surface area contributed by atoms with Gasteiger partial charge in [-0.25, -0.2) is 9.48 Å². The van der Waals surface area contributed by atoms with E-state index in [1.165, 1.54) is 7.11 Å². The summed E-state index contributed by atoms with van der Waals surface area (Å²) >= 11 is 0. The summed E-state index contributed by atoms with van der Waals surface area (Å²) in [6.45, 7) is 0. The summed E-state index contributed by atoms with van der Waals surface area (Å²) in [7, 11) is 4.70. The third kappa shape index (κ3) is 4.25. The van der Waals surface area contributed by atoms with Crippen LogP contribution in [-0.4, -0.2) is 36.9 Å². The number of rotatable bonds is 6. The molecule has 0 fully saturated rings. The Morgan fingerprint density at radius 2 is 1.62 bits per heavy atom. The molecule has 39 heavy (non-hydrogen) atoms. The van der Waals surface area contributed by atoms with E-state index in [0.29, 0.717) is 57.2 Å². The van der Waals surface area contributed by atoms with Crippen LogP contribution in [0.3, 0.4) is 0 Å². The van der Waals surface area contributed by atoms with Crippen LogP contribution in [0.2, 0.25) is 0 Å². The lowest BCUT2D eigenvalue weighted by atomic mass is 10.0. The van der Waals surface area contributed by atoms with Gasteiger partial charge in [0, 0.05) is 34.7 Å². The summed E-state index contributed by atoms with van der Waals surface area (Å²) in [5.41, 5.74) is 4.06. The van der Waals surface area contributed by atoms with Crippen LogP contribution < -0.4 is 19.8 Å². The number of carbonyl (C=O) groups is 1. The summed E-state index contributed by atoms with van der Waals surface area (Å²) in [6.07, 6.45) is 4.00. The molecule has 2 heterocycles. The molecular weight excluding hydrogens is 496 g/mol. The minimum absolute atomic E-state index is 0.111. The minimum Gasteiger partial charge on any atom is -0.497 e. The SMILES string of the molecule is COc1ccc(-n2cc(/C=C3/Cc4cc(OC)c(OC)cc4C3=O)c(-c3cc4ccccc4oc3=O)n2)cc1. The molecule has 3 aromatic carbocycles. The zero-order valence-corrected chi connectivity index (χ0v) is 21.6. The number of methoxy groups -OCH3 is 3. The second kappa shape index (κ2) is 9.64. The number of hydrogen-bond donors (Lipinski definition) is 0. The fraction of sp³-hybridized carbons (Fsp3) is 0.129. The number of ketones is 1. The average Bonchev–Trinajstić information content (AvgIpc) is 3.52. The molecule has 194 valence electrons. The van der Waals surface area contributed by atoms with Crippen LogP contribution in [0.15, 0.2) is 87.7 Å². The number of para-hydroxylation sites is 1. The molecule has 0 saturated heterocycles. The predicted molar refractivity (Wildman–Crippen MR) is 147 cm³/mol. The Hall–Kier alpha value is -5.11. The highest BCUT2D eigenvalue weighted by Crippen LogP contribution is 2.38. The molecular formula is C31H24N2O6. The van der Waals surface area contributed by atoms with Crippen LogP contribution >= 0.6 is 0 Å². The van der Waals surface area contributed by atoms with Gasteiger partial charge < -0.3 is 18.6 Å². The molecule has 0 atom stereocenters. The zero-order chi connectivity index (χ0) is 27.1. The first kappa shape index (κ1) is 24.2. The van der Waals surface area contributed by atoms with E-state index in [1.807, 2.05) is 48.5 Å². The molecule has 0 N–H and O–H groups in total. The Balaban J connectivity index is 1.50.